The van der Waals surface area contributed by atoms with E-state index in [1.54, 1.807) is 0 Å². The summed E-state index contributed by atoms with van der Waals surface area (Å²) in [5.41, 5.74) is 0.541. The normalized spacial score (nSPS) is 16.6. The molecule has 132 valence electrons. The molecule has 0 aliphatic carbocycles. The molecular formula is C17H29NO5. The maximum Gasteiger partial charge on any atom is 0.331 e. The number of hydrogen-bond donors (Lipinski definition) is 2. The van der Waals surface area contributed by atoms with Crippen LogP contribution in [0, 0.1) is 0 Å². The molecule has 1 rings (SSSR count). The molecule has 0 saturated carbocycles. The summed E-state index contributed by atoms with van der Waals surface area (Å²) in [5.74, 6) is -1.80. The maximum absolute atomic E-state index is 10.4. The summed E-state index contributed by atoms with van der Waals surface area (Å²) in [5, 5.41) is 17.0. The van der Waals surface area contributed by atoms with E-state index in [9.17, 15) is 9.59 Å². The monoisotopic (exact) mass is 327 g/mol. The van der Waals surface area contributed by atoms with Crippen LogP contribution in [0.15, 0.2) is 24.3 Å². The Hall–Kier alpha value is -1.66. The van der Waals surface area contributed by atoms with Crippen molar-refractivity contribution in [3.05, 3.63) is 24.3 Å². The van der Waals surface area contributed by atoms with Crippen molar-refractivity contribution in [2.75, 3.05) is 26.2 Å². The van der Waals surface area contributed by atoms with Crippen LogP contribution in [0.25, 0.3) is 0 Å². The van der Waals surface area contributed by atoms with Crippen molar-refractivity contribution in [3.8, 4) is 0 Å². The topological polar surface area (TPSA) is 87.1 Å². The van der Waals surface area contributed by atoms with Crippen molar-refractivity contribution in [2.24, 2.45) is 0 Å². The summed E-state index contributed by atoms with van der Waals surface area (Å²) >= 11 is 0. The minimum atomic E-state index is -0.916. The molecule has 0 bridgehead atoms. The van der Waals surface area contributed by atoms with Gasteiger partial charge in [0.25, 0.3) is 0 Å². The number of hydrogen-bond acceptors (Lipinski definition) is 4. The van der Waals surface area contributed by atoms with Crippen molar-refractivity contribution in [3.63, 3.8) is 0 Å². The zero-order valence-corrected chi connectivity index (χ0v) is 14.2. The van der Waals surface area contributed by atoms with Gasteiger partial charge in [0.2, 0.25) is 0 Å². The van der Waals surface area contributed by atoms with Gasteiger partial charge in [0, 0.05) is 30.7 Å². The highest BCUT2D eigenvalue weighted by molar-refractivity contribution is 5.86. The minimum absolute atomic E-state index is 0.0959. The zero-order valence-electron chi connectivity index (χ0n) is 14.2. The van der Waals surface area contributed by atoms with E-state index in [0.717, 1.165) is 39.1 Å². The van der Waals surface area contributed by atoms with Crippen LogP contribution in [0.1, 0.15) is 39.5 Å². The minimum Gasteiger partial charge on any atom is -0.478 e. The van der Waals surface area contributed by atoms with Gasteiger partial charge in [0.1, 0.15) is 0 Å². The molecule has 0 radical (unpaired) electrons. The zero-order chi connectivity index (χ0) is 17.8. The summed E-state index contributed by atoms with van der Waals surface area (Å²) in [4.78, 5) is 22.9. The second-order valence-corrected chi connectivity index (χ2v) is 5.43. The van der Waals surface area contributed by atoms with Gasteiger partial charge in [-0.15, -0.1) is 0 Å². The van der Waals surface area contributed by atoms with Gasteiger partial charge in [-0.25, -0.2) is 9.59 Å². The quantitative estimate of drug-likeness (QED) is 0.633. The lowest BCUT2D eigenvalue weighted by molar-refractivity contribution is -0.133. The van der Waals surface area contributed by atoms with Gasteiger partial charge in [-0.2, -0.15) is 0 Å². The molecule has 0 spiro atoms. The van der Waals surface area contributed by atoms with E-state index in [1.165, 1.54) is 0 Å². The van der Waals surface area contributed by atoms with Gasteiger partial charge in [0.05, 0.1) is 6.10 Å². The Labute approximate surface area is 138 Å². The smallest absolute Gasteiger partial charge is 0.331 e. The second-order valence-electron chi connectivity index (χ2n) is 5.43. The Kier molecular flexibility index (Phi) is 11.0. The van der Waals surface area contributed by atoms with E-state index in [4.69, 9.17) is 14.9 Å². The molecule has 1 aliphatic heterocycles. The highest BCUT2D eigenvalue weighted by Gasteiger charge is 2.18. The van der Waals surface area contributed by atoms with Gasteiger partial charge in [-0.05, 0) is 32.4 Å². The average Bonchev–Trinajstić information content (AvgIpc) is 3.01. The van der Waals surface area contributed by atoms with Crippen LogP contribution in [-0.2, 0) is 14.3 Å². The Balaban J connectivity index is 0.000000422. The number of rotatable bonds is 9. The Morgan fingerprint density at radius 2 is 1.70 bits per heavy atom. The predicted octanol–water partition coefficient (Wildman–Crippen LogP) is 2.56. The third kappa shape index (κ3) is 9.86. The molecule has 1 atom stereocenters. The number of carboxylic acids is 2. The summed E-state index contributed by atoms with van der Waals surface area (Å²) in [6.07, 6.45) is 3.12. The van der Waals surface area contributed by atoms with Crippen LogP contribution in [0.5, 0.6) is 0 Å². The van der Waals surface area contributed by atoms with Gasteiger partial charge in [-0.1, -0.05) is 27.0 Å². The van der Waals surface area contributed by atoms with Crippen molar-refractivity contribution in [2.45, 2.75) is 45.6 Å². The Bertz CT molecular complexity index is 409. The fourth-order valence-electron chi connectivity index (χ4n) is 2.11. The van der Waals surface area contributed by atoms with Gasteiger partial charge < -0.3 is 19.8 Å². The highest BCUT2D eigenvalue weighted by Crippen LogP contribution is 2.18. The van der Waals surface area contributed by atoms with Crippen molar-refractivity contribution >= 4 is 11.9 Å². The average molecular weight is 327 g/mol. The second kappa shape index (κ2) is 11.8. The molecule has 1 heterocycles. The lowest BCUT2D eigenvalue weighted by Gasteiger charge is -2.17. The lowest BCUT2D eigenvalue weighted by Crippen LogP contribution is -2.24. The summed E-state index contributed by atoms with van der Waals surface area (Å²) < 4.78 is 5.25. The van der Waals surface area contributed by atoms with Crippen LogP contribution in [-0.4, -0.2) is 59.4 Å². The van der Waals surface area contributed by atoms with E-state index >= 15 is 0 Å². The number of nitrogens with zero attached hydrogens (tertiary/aromatic N) is 1. The molecule has 6 nitrogen and oxygen atoms in total. The molecule has 23 heavy (non-hydrogen) atoms. The molecule has 1 fully saturated rings. The van der Waals surface area contributed by atoms with E-state index in [1.807, 2.05) is 0 Å². The molecular weight excluding hydrogens is 298 g/mol. The van der Waals surface area contributed by atoms with Crippen molar-refractivity contribution in [1.29, 1.82) is 0 Å². The summed E-state index contributed by atoms with van der Waals surface area (Å²) in [7, 11) is 0. The van der Waals surface area contributed by atoms with Gasteiger partial charge >= 0.3 is 11.9 Å². The fourth-order valence-corrected chi connectivity index (χ4v) is 2.11. The van der Waals surface area contributed by atoms with Crippen LogP contribution >= 0.6 is 0 Å². The first kappa shape index (κ1) is 21.3. The number of aliphatic carboxylic acids is 2. The molecule has 0 aromatic rings. The lowest BCUT2D eigenvalue weighted by atomic mass is 10.1. The molecule has 6 heteroatoms. The molecule has 1 aliphatic rings. The molecule has 1 unspecified atom stereocenters. The third-order valence-electron chi connectivity index (χ3n) is 3.73. The highest BCUT2D eigenvalue weighted by atomic mass is 16.5. The van der Waals surface area contributed by atoms with E-state index in [0.29, 0.717) is 18.4 Å². The number of ether oxygens (including phenoxy) is 1. The number of carboxylic acid groups (broad SMARTS) is 2. The molecule has 1 saturated heterocycles. The van der Waals surface area contributed by atoms with Crippen LogP contribution in [0.4, 0.5) is 0 Å². The maximum atomic E-state index is 10.4. The van der Waals surface area contributed by atoms with Crippen LogP contribution in [0.2, 0.25) is 0 Å². The fraction of sp³-hybridized carbons (Fsp3) is 0.647. The number of carbonyl (C=O) groups is 2. The Morgan fingerprint density at radius 1 is 1.13 bits per heavy atom. The summed E-state index contributed by atoms with van der Waals surface area (Å²) in [6.45, 7) is 14.5. The standard InChI is InChI=1S/C9H17NO2.C8H12O3/c1-4-10(5-2)7-6-8(3)9(11)12;1-6(8(9)10)5-7-3-2-4-11-7/h3-7H2,1-2H3,(H,11,12);7H,1-5H2,(H,9,10). The van der Waals surface area contributed by atoms with E-state index in [2.05, 4.69) is 31.9 Å². The molecule has 0 amide bonds. The predicted molar refractivity (Wildman–Crippen MR) is 89.5 cm³/mol. The van der Waals surface area contributed by atoms with Crippen LogP contribution in [0.3, 0.4) is 0 Å². The Morgan fingerprint density at radius 3 is 2.09 bits per heavy atom. The van der Waals surface area contributed by atoms with Crippen molar-refractivity contribution < 1.29 is 24.5 Å². The largest absolute Gasteiger partial charge is 0.478 e. The molecule has 0 aromatic carbocycles. The van der Waals surface area contributed by atoms with Gasteiger partial charge in [-0.3, -0.25) is 0 Å². The first-order chi connectivity index (χ1) is 10.8. The van der Waals surface area contributed by atoms with Gasteiger partial charge in [0.15, 0.2) is 0 Å². The first-order valence-electron chi connectivity index (χ1n) is 7.97. The van der Waals surface area contributed by atoms with E-state index in [-0.39, 0.29) is 11.7 Å². The molecule has 0 aromatic heterocycles. The summed E-state index contributed by atoms with van der Waals surface area (Å²) in [6, 6.07) is 0. The van der Waals surface area contributed by atoms with Crippen LogP contribution < -0.4 is 0 Å². The first-order valence-corrected chi connectivity index (χ1v) is 7.97. The molecule has 2 N–H and O–H groups in total. The van der Waals surface area contributed by atoms with Crippen molar-refractivity contribution in [1.82, 2.24) is 4.90 Å². The van der Waals surface area contributed by atoms with E-state index < -0.39 is 11.9 Å². The SMILES string of the molecule is C=C(CC1CCCO1)C(=O)O.C=C(CCN(CC)CC)C(=O)O. The third-order valence-corrected chi connectivity index (χ3v) is 3.73.